The van der Waals surface area contributed by atoms with E-state index in [0.717, 1.165) is 44.4 Å². The van der Waals surface area contributed by atoms with Crippen LogP contribution in [0.5, 0.6) is 11.5 Å². The van der Waals surface area contributed by atoms with Crippen LogP contribution in [0.15, 0.2) is 79.3 Å². The van der Waals surface area contributed by atoms with Gasteiger partial charge in [0.05, 0.1) is 6.20 Å². The Bertz CT molecular complexity index is 2360. The van der Waals surface area contributed by atoms with E-state index in [4.69, 9.17) is 14.8 Å². The molecule has 0 radical (unpaired) electrons. The average Bonchev–Trinajstić information content (AvgIpc) is 3.69. The summed E-state index contributed by atoms with van der Waals surface area (Å²) in [6, 6.07) is 28.2. The number of pyridine rings is 1. The Morgan fingerprint density at radius 3 is 2.16 bits per heavy atom. The van der Waals surface area contributed by atoms with Crippen LogP contribution in [-0.4, -0.2) is 19.3 Å². The van der Waals surface area contributed by atoms with Gasteiger partial charge in [-0.05, 0) is 114 Å². The Labute approximate surface area is 310 Å². The number of aromatic nitrogens is 4. The molecular formula is C44H44N4OPt. The van der Waals surface area contributed by atoms with Crippen LogP contribution in [0.3, 0.4) is 0 Å². The van der Waals surface area contributed by atoms with Gasteiger partial charge in [-0.3, -0.25) is 4.68 Å². The predicted molar refractivity (Wildman–Crippen MR) is 202 cm³/mol. The summed E-state index contributed by atoms with van der Waals surface area (Å²) in [5.74, 6) is 2.49. The van der Waals surface area contributed by atoms with Crippen LogP contribution >= 0.6 is 0 Å². The van der Waals surface area contributed by atoms with Crippen molar-refractivity contribution < 1.29 is 25.8 Å². The molecule has 0 fully saturated rings. The zero-order valence-electron chi connectivity index (χ0n) is 30.6. The van der Waals surface area contributed by atoms with Crippen molar-refractivity contribution in [2.45, 2.75) is 80.6 Å². The van der Waals surface area contributed by atoms with E-state index in [1.807, 2.05) is 23.1 Å². The van der Waals surface area contributed by atoms with Crippen molar-refractivity contribution in [2.24, 2.45) is 0 Å². The van der Waals surface area contributed by atoms with Crippen LogP contribution in [-0.2, 0) is 26.5 Å². The SMILES string of the molecule is Cc1c(C)c(C)c(-c2cnn(-c3[c-]c(Oc4[c-]c5c(cc4)c4ccccc4n5-c4cc(C(C)C)ccn4)cc(C(C)(C)C)c3)c2)c(C)c1C.[Pt+2]. The van der Waals surface area contributed by atoms with Crippen LogP contribution in [0.2, 0.25) is 0 Å². The Hall–Kier alpha value is -4.47. The fraction of sp³-hybridized carbons (Fsp3) is 0.273. The van der Waals surface area contributed by atoms with Gasteiger partial charge >= 0.3 is 21.1 Å². The van der Waals surface area contributed by atoms with E-state index in [-0.39, 0.29) is 26.5 Å². The smallest absolute Gasteiger partial charge is 0.509 e. The molecule has 0 saturated heterocycles. The molecule has 7 aromatic rings. The van der Waals surface area contributed by atoms with Gasteiger partial charge < -0.3 is 9.30 Å². The fourth-order valence-electron chi connectivity index (χ4n) is 6.86. The van der Waals surface area contributed by atoms with Gasteiger partial charge in [-0.15, -0.1) is 41.3 Å². The summed E-state index contributed by atoms with van der Waals surface area (Å²) in [7, 11) is 0. The van der Waals surface area contributed by atoms with Crippen LogP contribution in [0.25, 0.3) is 44.4 Å². The monoisotopic (exact) mass is 839 g/mol. The van der Waals surface area contributed by atoms with Gasteiger partial charge in [-0.25, -0.2) is 4.98 Å². The maximum atomic E-state index is 6.62. The number of fused-ring (bicyclic) bond motifs is 3. The van der Waals surface area contributed by atoms with Gasteiger partial charge in [0.2, 0.25) is 0 Å². The van der Waals surface area contributed by atoms with Gasteiger partial charge in [-0.2, -0.15) is 11.2 Å². The minimum Gasteiger partial charge on any atom is -0.509 e. The second-order valence-corrected chi connectivity index (χ2v) is 14.7. The molecule has 4 aromatic carbocycles. The molecule has 256 valence electrons. The quantitative estimate of drug-likeness (QED) is 0.157. The summed E-state index contributed by atoms with van der Waals surface area (Å²) in [6.07, 6.45) is 5.97. The van der Waals surface area contributed by atoms with E-state index in [2.05, 4.69) is 147 Å². The molecule has 3 aromatic heterocycles. The largest absolute Gasteiger partial charge is 2.00 e. The first-order valence-electron chi connectivity index (χ1n) is 17.1. The molecule has 0 aliphatic rings. The zero-order chi connectivity index (χ0) is 34.8. The standard InChI is InChI=1S/C44H44N4O.Pt/c1-26(2)32-17-18-45-42(19-32)48-40-14-12-11-13-38(40)39-16-15-36(23-41(39)48)49-37-21-34(44(8,9)10)20-35(22-37)47-25-33(24-46-47)43-30(6)28(4)27(3)29(5)31(43)7;/h11-21,24-26H,1-10H3;/q-2;+2. The molecule has 6 heteroatoms. The Kier molecular flexibility index (Phi) is 9.43. The number of benzene rings is 4. The van der Waals surface area contributed by atoms with E-state index in [1.54, 1.807) is 0 Å². The van der Waals surface area contributed by atoms with Gasteiger partial charge in [0.15, 0.2) is 0 Å². The topological polar surface area (TPSA) is 44.9 Å². The summed E-state index contributed by atoms with van der Waals surface area (Å²) in [5.41, 5.74) is 14.0. The summed E-state index contributed by atoms with van der Waals surface area (Å²) >= 11 is 0. The van der Waals surface area contributed by atoms with E-state index in [1.165, 1.54) is 38.9 Å². The molecule has 0 unspecified atom stereocenters. The molecule has 50 heavy (non-hydrogen) atoms. The molecule has 3 heterocycles. The van der Waals surface area contributed by atoms with Crippen molar-refractivity contribution in [1.29, 1.82) is 0 Å². The molecule has 0 N–H and O–H groups in total. The molecule has 0 aliphatic carbocycles. The van der Waals surface area contributed by atoms with Gasteiger partial charge in [0, 0.05) is 35.0 Å². The third kappa shape index (κ3) is 6.22. The molecular weight excluding hydrogens is 796 g/mol. The number of rotatable bonds is 6. The molecule has 0 atom stereocenters. The summed E-state index contributed by atoms with van der Waals surface area (Å²) in [5, 5.41) is 7.09. The average molecular weight is 840 g/mol. The van der Waals surface area contributed by atoms with Crippen molar-refractivity contribution in [3.8, 4) is 34.1 Å². The molecule has 0 spiro atoms. The van der Waals surface area contributed by atoms with Crippen LogP contribution in [0.4, 0.5) is 0 Å². The van der Waals surface area contributed by atoms with E-state index < -0.39 is 0 Å². The first-order valence-corrected chi connectivity index (χ1v) is 17.1. The number of hydrogen-bond donors (Lipinski definition) is 0. The molecule has 0 amide bonds. The fourth-order valence-corrected chi connectivity index (χ4v) is 6.86. The number of ether oxygens (including phenoxy) is 1. The van der Waals surface area contributed by atoms with Crippen molar-refractivity contribution in [3.63, 3.8) is 0 Å². The number of para-hydroxylation sites is 1. The molecule has 0 saturated carbocycles. The van der Waals surface area contributed by atoms with Crippen LogP contribution in [0.1, 0.15) is 79.5 Å². The summed E-state index contributed by atoms with van der Waals surface area (Å²) in [6.45, 7) is 22.1. The summed E-state index contributed by atoms with van der Waals surface area (Å²) in [4.78, 5) is 4.80. The van der Waals surface area contributed by atoms with Crippen LogP contribution in [0, 0.1) is 46.8 Å². The normalized spacial score (nSPS) is 11.8. The van der Waals surface area contributed by atoms with Crippen molar-refractivity contribution >= 4 is 21.8 Å². The second-order valence-electron chi connectivity index (χ2n) is 14.7. The third-order valence-corrected chi connectivity index (χ3v) is 10.3. The van der Waals surface area contributed by atoms with Crippen molar-refractivity contribution in [2.75, 3.05) is 0 Å². The predicted octanol–water partition coefficient (Wildman–Crippen LogP) is 11.4. The van der Waals surface area contributed by atoms with Crippen molar-refractivity contribution in [3.05, 3.63) is 130 Å². The van der Waals surface area contributed by atoms with Gasteiger partial charge in [-0.1, -0.05) is 58.3 Å². The summed E-state index contributed by atoms with van der Waals surface area (Å²) < 4.78 is 10.7. The van der Waals surface area contributed by atoms with E-state index in [9.17, 15) is 0 Å². The van der Waals surface area contributed by atoms with Crippen LogP contribution < -0.4 is 4.74 Å². The maximum absolute atomic E-state index is 6.62. The molecule has 0 aliphatic heterocycles. The Morgan fingerprint density at radius 2 is 1.46 bits per heavy atom. The molecule has 7 rings (SSSR count). The van der Waals surface area contributed by atoms with E-state index in [0.29, 0.717) is 17.4 Å². The minimum absolute atomic E-state index is 0. The molecule has 5 nitrogen and oxygen atoms in total. The second kappa shape index (κ2) is 13.3. The number of hydrogen-bond acceptors (Lipinski definition) is 3. The maximum Gasteiger partial charge on any atom is 2.00 e. The Balaban J connectivity index is 0.00000432. The molecule has 0 bridgehead atoms. The Morgan fingerprint density at radius 1 is 0.760 bits per heavy atom. The van der Waals surface area contributed by atoms with Gasteiger partial charge in [0.25, 0.3) is 0 Å². The number of nitrogens with zero attached hydrogens (tertiary/aromatic N) is 4. The first-order chi connectivity index (χ1) is 23.3. The van der Waals surface area contributed by atoms with E-state index >= 15 is 0 Å². The first kappa shape index (κ1) is 35.4. The van der Waals surface area contributed by atoms with Gasteiger partial charge in [0.1, 0.15) is 5.82 Å². The third-order valence-electron chi connectivity index (χ3n) is 10.3. The van der Waals surface area contributed by atoms with Crippen molar-refractivity contribution in [1.82, 2.24) is 19.3 Å². The zero-order valence-corrected chi connectivity index (χ0v) is 32.9. The minimum atomic E-state index is -0.122.